The number of nitrogens with zero attached hydrogens (tertiary/aromatic N) is 1. The molecular weight excluding hydrogens is 457 g/mol. The number of primary amides is 1. The summed E-state index contributed by atoms with van der Waals surface area (Å²) < 4.78 is 16.1. The highest BCUT2D eigenvalue weighted by Gasteiger charge is 2.20. The molecule has 0 saturated heterocycles. The number of ether oxygens (including phenoxy) is 2. The van der Waals surface area contributed by atoms with Gasteiger partial charge in [-0.2, -0.15) is 0 Å². The molecule has 0 spiro atoms. The molecule has 3 N–H and O–H groups in total. The summed E-state index contributed by atoms with van der Waals surface area (Å²) in [5.74, 6) is 0.0247. The van der Waals surface area contributed by atoms with Crippen LogP contribution in [0.1, 0.15) is 38.4 Å². The quantitative estimate of drug-likeness (QED) is 0.423. The first-order chi connectivity index (χ1) is 15.4. The van der Waals surface area contributed by atoms with Crippen molar-refractivity contribution in [1.29, 1.82) is 0 Å². The van der Waals surface area contributed by atoms with Gasteiger partial charge in [-0.05, 0) is 54.8 Å². The highest BCUT2D eigenvalue weighted by atomic mass is 35.5. The highest BCUT2D eigenvalue weighted by Crippen LogP contribution is 2.25. The molecule has 3 rings (SSSR count). The zero-order valence-corrected chi connectivity index (χ0v) is 18.7. The summed E-state index contributed by atoms with van der Waals surface area (Å²) in [7, 11) is 0. The number of aromatic nitrogens is 1. The van der Waals surface area contributed by atoms with Crippen LogP contribution in [0.4, 0.5) is 0 Å². The van der Waals surface area contributed by atoms with Crippen molar-refractivity contribution in [3.8, 4) is 11.5 Å². The number of halogens is 2. The SMILES string of the molecule is Cc1ccc(C(=O)NCCCOc2ccccc2Cl)cc1OCc1c(C(N)=O)noc1Cl. The minimum atomic E-state index is -0.775. The minimum Gasteiger partial charge on any atom is -0.492 e. The van der Waals surface area contributed by atoms with Crippen LogP contribution in [0.3, 0.4) is 0 Å². The molecule has 2 aromatic carbocycles. The summed E-state index contributed by atoms with van der Waals surface area (Å²) in [5, 5.41) is 6.82. The largest absolute Gasteiger partial charge is 0.492 e. The van der Waals surface area contributed by atoms with E-state index in [0.29, 0.717) is 41.7 Å². The molecule has 8 nitrogen and oxygen atoms in total. The predicted octanol–water partition coefficient (Wildman–Crippen LogP) is 4.17. The Morgan fingerprint density at radius 2 is 1.91 bits per heavy atom. The Kier molecular flexibility index (Phi) is 7.97. The monoisotopic (exact) mass is 477 g/mol. The fraction of sp³-hybridized carbons (Fsp3) is 0.227. The molecule has 1 heterocycles. The lowest BCUT2D eigenvalue weighted by Crippen LogP contribution is -2.25. The van der Waals surface area contributed by atoms with Gasteiger partial charge in [-0.1, -0.05) is 35.0 Å². The van der Waals surface area contributed by atoms with Gasteiger partial charge in [-0.3, -0.25) is 9.59 Å². The normalized spacial score (nSPS) is 10.6. The molecule has 0 aliphatic rings. The maximum atomic E-state index is 12.5. The topological polar surface area (TPSA) is 117 Å². The van der Waals surface area contributed by atoms with Crippen molar-refractivity contribution in [3.63, 3.8) is 0 Å². The molecule has 0 aliphatic heterocycles. The van der Waals surface area contributed by atoms with Gasteiger partial charge in [0.25, 0.3) is 11.8 Å². The van der Waals surface area contributed by atoms with Crippen LogP contribution in [0, 0.1) is 6.92 Å². The Bertz CT molecular complexity index is 1120. The molecule has 10 heteroatoms. The van der Waals surface area contributed by atoms with Gasteiger partial charge in [0, 0.05) is 12.1 Å². The number of benzene rings is 2. The van der Waals surface area contributed by atoms with E-state index in [9.17, 15) is 9.59 Å². The second kappa shape index (κ2) is 10.9. The Labute approximate surface area is 194 Å². The van der Waals surface area contributed by atoms with Crippen molar-refractivity contribution < 1.29 is 23.6 Å². The van der Waals surface area contributed by atoms with Crippen molar-refractivity contribution in [3.05, 3.63) is 75.1 Å². The molecule has 2 amide bonds. The molecule has 0 fully saturated rings. The number of aryl methyl sites for hydroxylation is 1. The van der Waals surface area contributed by atoms with Crippen molar-refractivity contribution in [1.82, 2.24) is 10.5 Å². The minimum absolute atomic E-state index is 0.0793. The van der Waals surface area contributed by atoms with E-state index in [1.165, 1.54) is 0 Å². The highest BCUT2D eigenvalue weighted by molar-refractivity contribution is 6.32. The Hall–Kier alpha value is -3.23. The van der Waals surface area contributed by atoms with Crippen LogP contribution in [0.15, 0.2) is 47.0 Å². The van der Waals surface area contributed by atoms with E-state index in [4.69, 9.17) is 42.9 Å². The molecule has 0 bridgehead atoms. The van der Waals surface area contributed by atoms with E-state index in [2.05, 4.69) is 10.5 Å². The number of carbonyl (C=O) groups excluding carboxylic acids is 2. The van der Waals surface area contributed by atoms with E-state index in [1.807, 2.05) is 19.1 Å². The molecule has 0 radical (unpaired) electrons. The Morgan fingerprint density at radius 1 is 1.12 bits per heavy atom. The molecule has 0 aliphatic carbocycles. The molecular formula is C22H21Cl2N3O5. The van der Waals surface area contributed by atoms with Gasteiger partial charge in [0.05, 0.1) is 17.2 Å². The lowest BCUT2D eigenvalue weighted by atomic mass is 10.1. The van der Waals surface area contributed by atoms with E-state index < -0.39 is 5.91 Å². The van der Waals surface area contributed by atoms with Gasteiger partial charge >= 0.3 is 0 Å². The summed E-state index contributed by atoms with van der Waals surface area (Å²) in [5.41, 5.74) is 6.62. The maximum Gasteiger partial charge on any atom is 0.271 e. The van der Waals surface area contributed by atoms with Crippen molar-refractivity contribution in [2.75, 3.05) is 13.2 Å². The number of carbonyl (C=O) groups is 2. The third-order valence-electron chi connectivity index (χ3n) is 4.50. The number of rotatable bonds is 10. The zero-order chi connectivity index (χ0) is 23.1. The van der Waals surface area contributed by atoms with E-state index in [1.54, 1.807) is 30.3 Å². The van der Waals surface area contributed by atoms with Crippen molar-refractivity contribution in [2.45, 2.75) is 20.0 Å². The standard InChI is InChI=1S/C22H21Cl2N3O5/c1-13-7-8-14(11-18(13)31-12-15-19(21(25)28)27-32-20(15)24)22(29)26-9-4-10-30-17-6-3-2-5-16(17)23/h2-3,5-8,11H,4,9-10,12H2,1H3,(H2,25,28)(H,26,29). The Balaban J connectivity index is 1.53. The summed E-state index contributed by atoms with van der Waals surface area (Å²) in [6.07, 6.45) is 0.605. The molecule has 1 aromatic heterocycles. The van der Waals surface area contributed by atoms with Crippen LogP contribution in [0.2, 0.25) is 10.2 Å². The van der Waals surface area contributed by atoms with Gasteiger partial charge < -0.3 is 25.0 Å². The van der Waals surface area contributed by atoms with Gasteiger partial charge in [0.2, 0.25) is 5.22 Å². The number of nitrogens with two attached hydrogens (primary N) is 1. The second-order valence-corrected chi connectivity index (χ2v) is 7.56. The fourth-order valence-corrected chi connectivity index (χ4v) is 3.14. The first kappa shape index (κ1) is 23.4. The van der Waals surface area contributed by atoms with Crippen molar-refractivity contribution in [2.24, 2.45) is 5.73 Å². The molecule has 0 unspecified atom stereocenters. The van der Waals surface area contributed by atoms with Gasteiger partial charge in [-0.15, -0.1) is 0 Å². The number of para-hydroxylation sites is 1. The van der Waals surface area contributed by atoms with Gasteiger partial charge in [-0.25, -0.2) is 0 Å². The van der Waals surface area contributed by atoms with Crippen molar-refractivity contribution >= 4 is 35.0 Å². The van der Waals surface area contributed by atoms with E-state index >= 15 is 0 Å². The average molecular weight is 478 g/mol. The molecule has 0 saturated carbocycles. The first-order valence-corrected chi connectivity index (χ1v) is 10.4. The number of hydrogen-bond acceptors (Lipinski definition) is 6. The molecule has 3 aromatic rings. The molecule has 0 atom stereocenters. The van der Waals surface area contributed by atoms with Crippen LogP contribution in [0.25, 0.3) is 0 Å². The number of nitrogens with one attached hydrogen (secondary N) is 1. The lowest BCUT2D eigenvalue weighted by molar-refractivity contribution is 0.0949. The van der Waals surface area contributed by atoms with Gasteiger partial charge in [0.1, 0.15) is 18.1 Å². The van der Waals surface area contributed by atoms with Crippen LogP contribution < -0.4 is 20.5 Å². The van der Waals surface area contributed by atoms with Crippen LogP contribution >= 0.6 is 23.2 Å². The van der Waals surface area contributed by atoms with Crippen LogP contribution in [-0.4, -0.2) is 30.1 Å². The van der Waals surface area contributed by atoms with Crippen LogP contribution in [-0.2, 0) is 6.61 Å². The number of amides is 2. The summed E-state index contributed by atoms with van der Waals surface area (Å²) in [4.78, 5) is 23.9. The summed E-state index contributed by atoms with van der Waals surface area (Å²) in [6.45, 7) is 2.57. The predicted molar refractivity (Wildman–Crippen MR) is 119 cm³/mol. The first-order valence-electron chi connectivity index (χ1n) is 9.69. The maximum absolute atomic E-state index is 12.5. The fourth-order valence-electron chi connectivity index (χ4n) is 2.77. The molecule has 168 valence electrons. The van der Waals surface area contributed by atoms with E-state index in [0.717, 1.165) is 5.56 Å². The number of hydrogen-bond donors (Lipinski definition) is 2. The Morgan fingerprint density at radius 3 is 2.66 bits per heavy atom. The smallest absolute Gasteiger partial charge is 0.271 e. The van der Waals surface area contributed by atoms with Crippen LogP contribution in [0.5, 0.6) is 11.5 Å². The second-order valence-electron chi connectivity index (χ2n) is 6.80. The zero-order valence-electron chi connectivity index (χ0n) is 17.2. The lowest BCUT2D eigenvalue weighted by Gasteiger charge is -2.12. The van der Waals surface area contributed by atoms with Gasteiger partial charge in [0.15, 0.2) is 5.69 Å². The summed E-state index contributed by atoms with van der Waals surface area (Å²) >= 11 is 11.9. The average Bonchev–Trinajstić information content (AvgIpc) is 3.14. The summed E-state index contributed by atoms with van der Waals surface area (Å²) in [6, 6.07) is 12.3. The molecule has 32 heavy (non-hydrogen) atoms. The third kappa shape index (κ3) is 5.93. The van der Waals surface area contributed by atoms with E-state index in [-0.39, 0.29) is 29.0 Å². The third-order valence-corrected chi connectivity index (χ3v) is 5.11.